The molecule has 0 aromatic heterocycles. The Hall–Kier alpha value is -1.26. The molecule has 0 saturated heterocycles. The van der Waals surface area contributed by atoms with Crippen molar-refractivity contribution in [3.63, 3.8) is 0 Å². The normalized spacial score (nSPS) is 15.8. The van der Waals surface area contributed by atoms with Gasteiger partial charge in [-0.2, -0.15) is 0 Å². The number of benzene rings is 1. The molecule has 1 heterocycles. The average Bonchev–Trinajstić information content (AvgIpc) is 3.00. The van der Waals surface area contributed by atoms with Crippen LogP contribution in [0.3, 0.4) is 0 Å². The highest BCUT2D eigenvalue weighted by atomic mass is 16.7. The fourth-order valence-electron chi connectivity index (χ4n) is 2.46. The van der Waals surface area contributed by atoms with E-state index in [0.29, 0.717) is 19.3 Å². The van der Waals surface area contributed by atoms with Crippen molar-refractivity contribution >= 4 is 0 Å². The largest absolute Gasteiger partial charge is 0.454 e. The summed E-state index contributed by atoms with van der Waals surface area (Å²) >= 11 is 0. The van der Waals surface area contributed by atoms with E-state index in [4.69, 9.17) is 18.9 Å². The summed E-state index contributed by atoms with van der Waals surface area (Å²) in [6.45, 7) is 8.00. The van der Waals surface area contributed by atoms with Crippen molar-refractivity contribution in [1.82, 2.24) is 0 Å². The van der Waals surface area contributed by atoms with Crippen LogP contribution in [-0.4, -0.2) is 19.7 Å². The molecule has 1 aliphatic heterocycles. The maximum absolute atomic E-state index is 5.83. The molecular weight excluding hydrogens is 280 g/mol. The fraction of sp³-hybridized carbons (Fsp3) is 0.667. The van der Waals surface area contributed by atoms with Crippen molar-refractivity contribution in [2.45, 2.75) is 59.4 Å². The summed E-state index contributed by atoms with van der Waals surface area (Å²) in [6.07, 6.45) is 4.72. The summed E-state index contributed by atoms with van der Waals surface area (Å²) in [4.78, 5) is 0. The van der Waals surface area contributed by atoms with E-state index in [1.165, 1.54) is 19.3 Å². The van der Waals surface area contributed by atoms with Crippen molar-refractivity contribution in [1.29, 1.82) is 0 Å². The maximum atomic E-state index is 5.83. The lowest BCUT2D eigenvalue weighted by atomic mass is 10.0. The molecule has 4 heteroatoms. The predicted molar refractivity (Wildman–Crippen MR) is 86.1 cm³/mol. The molecule has 22 heavy (non-hydrogen) atoms. The van der Waals surface area contributed by atoms with Gasteiger partial charge < -0.3 is 18.9 Å². The number of rotatable bonds is 10. The maximum Gasteiger partial charge on any atom is 0.231 e. The lowest BCUT2D eigenvalue weighted by Gasteiger charge is -2.19. The van der Waals surface area contributed by atoms with E-state index in [1.807, 2.05) is 25.1 Å². The van der Waals surface area contributed by atoms with Gasteiger partial charge in [-0.05, 0) is 37.0 Å². The van der Waals surface area contributed by atoms with Crippen LogP contribution in [0.25, 0.3) is 0 Å². The van der Waals surface area contributed by atoms with E-state index in [1.54, 1.807) is 0 Å². The number of hydrogen-bond acceptors (Lipinski definition) is 4. The minimum absolute atomic E-state index is 0.193. The molecule has 0 N–H and O–H groups in total. The molecule has 2 atom stereocenters. The van der Waals surface area contributed by atoms with E-state index < -0.39 is 0 Å². The summed E-state index contributed by atoms with van der Waals surface area (Å²) < 4.78 is 22.3. The Kier molecular flexibility index (Phi) is 7.00. The van der Waals surface area contributed by atoms with Gasteiger partial charge in [0.25, 0.3) is 0 Å². The van der Waals surface area contributed by atoms with Crippen molar-refractivity contribution in [3.8, 4) is 11.5 Å². The average molecular weight is 308 g/mol. The SMILES string of the molecule is CCCC[C@H](CC)CO[C@@H](C)OCc1ccc2c(c1)OCO2. The third kappa shape index (κ3) is 5.18. The molecule has 1 aliphatic rings. The second-order valence-corrected chi connectivity index (χ2v) is 5.82. The monoisotopic (exact) mass is 308 g/mol. The summed E-state index contributed by atoms with van der Waals surface area (Å²) in [6, 6.07) is 5.88. The van der Waals surface area contributed by atoms with Gasteiger partial charge in [-0.3, -0.25) is 0 Å². The highest BCUT2D eigenvalue weighted by Crippen LogP contribution is 2.32. The standard InChI is InChI=1S/C18H28O4/c1-4-6-7-15(5-2)11-19-14(3)20-12-16-8-9-17-18(10-16)22-13-21-17/h8-10,14-15H,4-7,11-13H2,1-3H3/t14-,15+/m1/s1. The van der Waals surface area contributed by atoms with E-state index in [-0.39, 0.29) is 6.29 Å². The van der Waals surface area contributed by atoms with Crippen LogP contribution < -0.4 is 9.47 Å². The zero-order valence-electron chi connectivity index (χ0n) is 14.0. The first-order chi connectivity index (χ1) is 10.7. The van der Waals surface area contributed by atoms with Crippen LogP contribution in [0.5, 0.6) is 11.5 Å². The molecule has 1 aromatic carbocycles. The Morgan fingerprint density at radius 3 is 2.73 bits per heavy atom. The topological polar surface area (TPSA) is 36.9 Å². The fourth-order valence-corrected chi connectivity index (χ4v) is 2.46. The van der Waals surface area contributed by atoms with E-state index in [9.17, 15) is 0 Å². The number of unbranched alkanes of at least 4 members (excludes halogenated alkanes) is 1. The minimum atomic E-state index is -0.193. The quantitative estimate of drug-likeness (QED) is 0.596. The molecule has 0 bridgehead atoms. The van der Waals surface area contributed by atoms with Crippen LogP contribution in [0.1, 0.15) is 52.0 Å². The first-order valence-corrected chi connectivity index (χ1v) is 8.34. The summed E-state index contributed by atoms with van der Waals surface area (Å²) in [5.74, 6) is 2.23. The minimum Gasteiger partial charge on any atom is -0.454 e. The van der Waals surface area contributed by atoms with Gasteiger partial charge in [-0.25, -0.2) is 0 Å². The number of ether oxygens (including phenoxy) is 4. The molecule has 0 unspecified atom stereocenters. The Labute approximate surface area is 133 Å². The Morgan fingerprint density at radius 1 is 1.14 bits per heavy atom. The molecular formula is C18H28O4. The van der Waals surface area contributed by atoms with Gasteiger partial charge in [0, 0.05) is 0 Å². The van der Waals surface area contributed by atoms with Gasteiger partial charge >= 0.3 is 0 Å². The van der Waals surface area contributed by atoms with Gasteiger partial charge in [0.2, 0.25) is 6.79 Å². The third-order valence-corrected chi connectivity index (χ3v) is 4.03. The first kappa shape index (κ1) is 17.1. The molecule has 0 radical (unpaired) electrons. The molecule has 0 fully saturated rings. The smallest absolute Gasteiger partial charge is 0.231 e. The van der Waals surface area contributed by atoms with E-state index in [0.717, 1.165) is 30.1 Å². The van der Waals surface area contributed by atoms with Crippen LogP contribution >= 0.6 is 0 Å². The van der Waals surface area contributed by atoms with Crippen molar-refractivity contribution < 1.29 is 18.9 Å². The summed E-state index contributed by atoms with van der Waals surface area (Å²) in [5.41, 5.74) is 1.07. The Bertz CT molecular complexity index is 447. The Morgan fingerprint density at radius 2 is 1.95 bits per heavy atom. The second-order valence-electron chi connectivity index (χ2n) is 5.82. The van der Waals surface area contributed by atoms with E-state index >= 15 is 0 Å². The third-order valence-electron chi connectivity index (χ3n) is 4.03. The molecule has 0 spiro atoms. The first-order valence-electron chi connectivity index (χ1n) is 8.34. The Balaban J connectivity index is 1.69. The van der Waals surface area contributed by atoms with Crippen molar-refractivity contribution in [2.24, 2.45) is 5.92 Å². The van der Waals surface area contributed by atoms with Crippen LogP contribution in [-0.2, 0) is 16.1 Å². The summed E-state index contributed by atoms with van der Waals surface area (Å²) in [7, 11) is 0. The lowest BCUT2D eigenvalue weighted by Crippen LogP contribution is -2.18. The number of fused-ring (bicyclic) bond motifs is 1. The molecule has 2 rings (SSSR count). The van der Waals surface area contributed by atoms with Crippen molar-refractivity contribution in [3.05, 3.63) is 23.8 Å². The molecule has 1 aromatic rings. The molecule has 4 nitrogen and oxygen atoms in total. The lowest BCUT2D eigenvalue weighted by molar-refractivity contribution is -0.146. The van der Waals surface area contributed by atoms with Gasteiger partial charge in [0.15, 0.2) is 17.8 Å². The van der Waals surface area contributed by atoms with Gasteiger partial charge in [-0.1, -0.05) is 39.2 Å². The van der Waals surface area contributed by atoms with Crippen LogP contribution in [0.4, 0.5) is 0 Å². The molecule has 0 saturated carbocycles. The van der Waals surface area contributed by atoms with Crippen LogP contribution in [0.15, 0.2) is 18.2 Å². The van der Waals surface area contributed by atoms with Gasteiger partial charge in [0.1, 0.15) is 0 Å². The zero-order chi connectivity index (χ0) is 15.8. The number of hydrogen-bond donors (Lipinski definition) is 0. The van der Waals surface area contributed by atoms with Crippen molar-refractivity contribution in [2.75, 3.05) is 13.4 Å². The summed E-state index contributed by atoms with van der Waals surface area (Å²) in [5, 5.41) is 0. The molecule has 0 aliphatic carbocycles. The van der Waals surface area contributed by atoms with Crippen LogP contribution in [0.2, 0.25) is 0 Å². The highest BCUT2D eigenvalue weighted by molar-refractivity contribution is 5.44. The second kappa shape index (κ2) is 9.01. The highest BCUT2D eigenvalue weighted by Gasteiger charge is 2.14. The van der Waals surface area contributed by atoms with Crippen LogP contribution in [0, 0.1) is 5.92 Å². The molecule has 124 valence electrons. The van der Waals surface area contributed by atoms with Gasteiger partial charge in [0.05, 0.1) is 13.2 Å². The van der Waals surface area contributed by atoms with E-state index in [2.05, 4.69) is 13.8 Å². The zero-order valence-corrected chi connectivity index (χ0v) is 14.0. The predicted octanol–water partition coefficient (Wildman–Crippen LogP) is 4.51. The van der Waals surface area contributed by atoms with Gasteiger partial charge in [-0.15, -0.1) is 0 Å². The molecule has 0 amide bonds.